The first-order valence-corrected chi connectivity index (χ1v) is 8.30. The van der Waals surface area contributed by atoms with Crippen molar-refractivity contribution >= 4 is 10.1 Å². The molecule has 0 saturated heterocycles. The van der Waals surface area contributed by atoms with E-state index in [4.69, 9.17) is 18.5 Å². The molecule has 2 rings (SSSR count). The molecule has 0 saturated carbocycles. The molecular weight excluding hydrogens is 300 g/mol. The first-order valence-electron chi connectivity index (χ1n) is 9.99. The fraction of sp³-hybridized carbons (Fsp3) is 0.294. The topological polar surface area (TPSA) is 52.6 Å². The van der Waals surface area contributed by atoms with Crippen LogP contribution in [0.25, 0.3) is 0 Å². The Bertz CT molecular complexity index is 989. The normalized spacial score (nSPS) is 17.3. The van der Waals surface area contributed by atoms with Gasteiger partial charge in [-0.05, 0) is 24.1 Å². The Morgan fingerprint density at radius 3 is 2.55 bits per heavy atom. The SMILES string of the molecule is [2H]c1cc([2H])c(O[C@H](CCOS(C)(=O)=O)c2c([2H])c([2H])c([2H])c([2H])c2[2H])c(C)c1. The summed E-state index contributed by atoms with van der Waals surface area (Å²) in [5, 5.41) is 0. The summed E-state index contributed by atoms with van der Waals surface area (Å²) < 4.78 is 88.5. The first-order chi connectivity index (χ1) is 13.3. The van der Waals surface area contributed by atoms with Crippen molar-refractivity contribution < 1.29 is 26.9 Å². The van der Waals surface area contributed by atoms with Crippen LogP contribution in [-0.4, -0.2) is 21.3 Å². The monoisotopic (exact) mass is 327 g/mol. The van der Waals surface area contributed by atoms with Crippen molar-refractivity contribution in [3.8, 4) is 5.75 Å². The molecule has 0 aliphatic heterocycles. The van der Waals surface area contributed by atoms with Crippen LogP contribution in [-0.2, 0) is 14.3 Å². The molecule has 22 heavy (non-hydrogen) atoms. The zero-order valence-electron chi connectivity index (χ0n) is 19.2. The number of rotatable bonds is 7. The molecule has 1 atom stereocenters. The minimum atomic E-state index is -3.76. The number of benzene rings is 2. The van der Waals surface area contributed by atoms with Crippen molar-refractivity contribution in [2.24, 2.45) is 0 Å². The lowest BCUT2D eigenvalue weighted by Gasteiger charge is -2.20. The van der Waals surface area contributed by atoms with Gasteiger partial charge < -0.3 is 4.74 Å². The van der Waals surface area contributed by atoms with Gasteiger partial charge in [-0.25, -0.2) is 0 Å². The lowest BCUT2D eigenvalue weighted by molar-refractivity contribution is 0.165. The average Bonchev–Trinajstić information content (AvgIpc) is 2.59. The number of hydrogen-bond acceptors (Lipinski definition) is 4. The van der Waals surface area contributed by atoms with E-state index in [0.29, 0.717) is 5.56 Å². The van der Waals surface area contributed by atoms with Gasteiger partial charge in [-0.1, -0.05) is 48.4 Å². The number of para-hydroxylation sites is 1. The molecule has 4 nitrogen and oxygen atoms in total. The van der Waals surface area contributed by atoms with Crippen molar-refractivity contribution in [1.29, 1.82) is 0 Å². The Morgan fingerprint density at radius 2 is 1.91 bits per heavy atom. The molecule has 2 aromatic rings. The highest BCUT2D eigenvalue weighted by molar-refractivity contribution is 7.85. The molecule has 0 fully saturated rings. The summed E-state index contributed by atoms with van der Waals surface area (Å²) in [4.78, 5) is 0. The predicted molar refractivity (Wildman–Crippen MR) is 86.4 cm³/mol. The fourth-order valence-electron chi connectivity index (χ4n) is 1.71. The van der Waals surface area contributed by atoms with Crippen molar-refractivity contribution in [3.05, 3.63) is 65.6 Å². The second-order valence-corrected chi connectivity index (χ2v) is 6.22. The van der Waals surface area contributed by atoms with Gasteiger partial charge in [0.25, 0.3) is 10.1 Å². The zero-order valence-corrected chi connectivity index (χ0v) is 13.0. The standard InChI is InChI=1S/C17H20O4S/c1-14-8-6-7-11-16(14)21-17(12-13-20-22(2,18)19)15-9-4-3-5-10-15/h3-11,17H,12-13H2,1-2H3/t17-/m1/s1/i3D,4D,5D,6D,9D,10D,11D. The van der Waals surface area contributed by atoms with Crippen molar-refractivity contribution in [1.82, 2.24) is 0 Å². The maximum Gasteiger partial charge on any atom is 0.264 e. The Hall–Kier alpha value is -1.85. The molecule has 0 amide bonds. The number of ether oxygens (including phenoxy) is 1. The summed E-state index contributed by atoms with van der Waals surface area (Å²) in [7, 11) is -3.76. The number of aryl methyl sites for hydroxylation is 1. The third-order valence-electron chi connectivity index (χ3n) is 2.72. The zero-order chi connectivity index (χ0) is 22.1. The van der Waals surface area contributed by atoms with Gasteiger partial charge in [0.05, 0.1) is 22.5 Å². The van der Waals surface area contributed by atoms with E-state index in [9.17, 15) is 8.42 Å². The van der Waals surface area contributed by atoms with Crippen LogP contribution in [0.4, 0.5) is 0 Å². The number of hydrogen-bond donors (Lipinski definition) is 0. The van der Waals surface area contributed by atoms with Gasteiger partial charge in [-0.3, -0.25) is 4.18 Å². The van der Waals surface area contributed by atoms with Crippen molar-refractivity contribution in [3.63, 3.8) is 0 Å². The summed E-state index contributed by atoms with van der Waals surface area (Å²) >= 11 is 0. The van der Waals surface area contributed by atoms with E-state index in [1.54, 1.807) is 6.92 Å². The molecule has 0 heterocycles. The average molecular weight is 327 g/mol. The second-order valence-electron chi connectivity index (χ2n) is 4.57. The smallest absolute Gasteiger partial charge is 0.264 e. The van der Waals surface area contributed by atoms with Gasteiger partial charge in [-0.15, -0.1) is 0 Å². The molecule has 0 bridgehead atoms. The molecule has 0 N–H and O–H groups in total. The summed E-state index contributed by atoms with van der Waals surface area (Å²) in [6, 6.07) is 0.0457. The minimum Gasteiger partial charge on any atom is -0.485 e. The van der Waals surface area contributed by atoms with Gasteiger partial charge in [-0.2, -0.15) is 8.42 Å². The van der Waals surface area contributed by atoms with E-state index in [0.717, 1.165) is 6.26 Å². The third-order valence-corrected chi connectivity index (χ3v) is 3.32. The van der Waals surface area contributed by atoms with Gasteiger partial charge in [0, 0.05) is 6.42 Å². The van der Waals surface area contributed by atoms with Crippen LogP contribution in [0.5, 0.6) is 5.75 Å². The highest BCUT2D eigenvalue weighted by atomic mass is 32.2. The molecule has 0 aromatic heterocycles. The second kappa shape index (κ2) is 7.42. The van der Waals surface area contributed by atoms with Crippen LogP contribution < -0.4 is 4.74 Å². The van der Waals surface area contributed by atoms with E-state index < -0.39 is 46.4 Å². The van der Waals surface area contributed by atoms with E-state index >= 15 is 0 Å². The van der Waals surface area contributed by atoms with E-state index in [2.05, 4.69) is 0 Å². The molecule has 5 heteroatoms. The Labute approximate surface area is 141 Å². The van der Waals surface area contributed by atoms with Crippen LogP contribution in [0.2, 0.25) is 0 Å². The van der Waals surface area contributed by atoms with E-state index in [1.807, 2.05) is 0 Å². The molecule has 0 aliphatic carbocycles. The maximum atomic E-state index is 11.3. The molecule has 0 spiro atoms. The van der Waals surface area contributed by atoms with E-state index in [-0.39, 0.29) is 36.4 Å². The van der Waals surface area contributed by atoms with Gasteiger partial charge in [0.2, 0.25) is 0 Å². The van der Waals surface area contributed by atoms with Gasteiger partial charge in [0.15, 0.2) is 0 Å². The lowest BCUT2D eigenvalue weighted by atomic mass is 10.1. The minimum absolute atomic E-state index is 0.0668. The van der Waals surface area contributed by atoms with Crippen LogP contribution in [0.1, 0.15) is 33.2 Å². The molecule has 0 radical (unpaired) electrons. The van der Waals surface area contributed by atoms with Crippen molar-refractivity contribution in [2.75, 3.05) is 12.9 Å². The Kier molecular flexibility index (Phi) is 3.15. The summed E-state index contributed by atoms with van der Waals surface area (Å²) in [6.45, 7) is 1.26. The van der Waals surface area contributed by atoms with Gasteiger partial charge >= 0.3 is 0 Å². The molecule has 2 aromatic carbocycles. The fourth-order valence-corrected chi connectivity index (χ4v) is 2.11. The van der Waals surface area contributed by atoms with Crippen LogP contribution in [0.3, 0.4) is 0 Å². The van der Waals surface area contributed by atoms with Crippen LogP contribution in [0.15, 0.2) is 54.4 Å². The predicted octanol–water partition coefficient (Wildman–Crippen LogP) is 3.48. The van der Waals surface area contributed by atoms with E-state index in [1.165, 1.54) is 12.1 Å². The first kappa shape index (κ1) is 9.33. The largest absolute Gasteiger partial charge is 0.485 e. The lowest BCUT2D eigenvalue weighted by Crippen LogP contribution is -2.13. The Morgan fingerprint density at radius 1 is 1.18 bits per heavy atom. The summed E-state index contributed by atoms with van der Waals surface area (Å²) in [5.41, 5.74) is 0.283. The third kappa shape index (κ3) is 5.16. The quantitative estimate of drug-likeness (QED) is 0.731. The molecule has 0 aliphatic rings. The highest BCUT2D eigenvalue weighted by Gasteiger charge is 2.15. The molecule has 0 unspecified atom stereocenters. The Balaban J connectivity index is 2.55. The van der Waals surface area contributed by atoms with Crippen LogP contribution in [0, 0.1) is 6.92 Å². The molecule has 118 valence electrons. The molecular formula is C17H20O4S. The highest BCUT2D eigenvalue weighted by Crippen LogP contribution is 2.27. The van der Waals surface area contributed by atoms with Crippen molar-refractivity contribution in [2.45, 2.75) is 19.4 Å². The van der Waals surface area contributed by atoms with Gasteiger partial charge in [0.1, 0.15) is 11.9 Å². The summed E-state index contributed by atoms with van der Waals surface area (Å²) in [6.07, 6.45) is -0.459. The summed E-state index contributed by atoms with van der Waals surface area (Å²) in [5.74, 6) is 0.0668. The maximum absolute atomic E-state index is 11.3. The van der Waals surface area contributed by atoms with Crippen LogP contribution >= 0.6 is 0 Å².